The van der Waals surface area contributed by atoms with Crippen LogP contribution in [0.5, 0.6) is 5.75 Å². The van der Waals surface area contributed by atoms with Gasteiger partial charge in [-0.3, -0.25) is 0 Å². The zero-order valence-corrected chi connectivity index (χ0v) is 44.9. The van der Waals surface area contributed by atoms with E-state index in [1.54, 1.807) is 12.1 Å². The van der Waals surface area contributed by atoms with E-state index in [9.17, 15) is 4.79 Å². The van der Waals surface area contributed by atoms with Crippen molar-refractivity contribution in [3.8, 4) is 5.75 Å². The number of benzene rings is 3. The Morgan fingerprint density at radius 2 is 1.43 bits per heavy atom. The van der Waals surface area contributed by atoms with Crippen LogP contribution < -0.4 is 15.1 Å². The summed E-state index contributed by atoms with van der Waals surface area (Å²) in [7, 11) is -5.03. The molecule has 3 aromatic rings. The summed E-state index contributed by atoms with van der Waals surface area (Å²) in [4.78, 5) is 13.7. The van der Waals surface area contributed by atoms with Gasteiger partial charge in [0.1, 0.15) is 17.4 Å². The minimum atomic E-state index is -2.79. The molecule has 1 fully saturated rings. The fourth-order valence-electron chi connectivity index (χ4n) is 7.61. The maximum atomic E-state index is 13.7. The highest BCUT2D eigenvalue weighted by atomic mass is 35.5. The van der Waals surface area contributed by atoms with Gasteiger partial charge in [0.15, 0.2) is 20.9 Å². The summed E-state index contributed by atoms with van der Waals surface area (Å²) in [5, 5.41) is 2.73. The van der Waals surface area contributed by atoms with Gasteiger partial charge < -0.3 is 32.5 Å². The van der Waals surface area contributed by atoms with Gasteiger partial charge in [-0.2, -0.15) is 0 Å². The fourth-order valence-corrected chi connectivity index (χ4v) is 14.6. The summed E-state index contributed by atoms with van der Waals surface area (Å²) >= 11 is 6.61. The molecule has 12 heteroatoms. The number of carbonyl (C=O) groups excluding carboxylic acids is 1. The Balaban J connectivity index is 1.70. The van der Waals surface area contributed by atoms with Gasteiger partial charge in [-0.05, 0) is 90.4 Å². The Morgan fingerprint density at radius 3 is 1.95 bits per heavy atom. The Labute approximate surface area is 388 Å². The first kappa shape index (κ1) is 52.8. The van der Waals surface area contributed by atoms with Crippen molar-refractivity contribution in [2.24, 2.45) is 5.92 Å². The van der Waals surface area contributed by atoms with Crippen molar-refractivity contribution >= 4 is 58.7 Å². The van der Waals surface area contributed by atoms with Crippen molar-refractivity contribution < 1.29 is 37.3 Å². The lowest BCUT2D eigenvalue weighted by molar-refractivity contribution is -0.151. The quantitative estimate of drug-likeness (QED) is 0.0480. The highest BCUT2D eigenvalue weighted by Gasteiger charge is 2.52. The summed E-state index contributed by atoms with van der Waals surface area (Å²) in [6.45, 7) is 33.6. The highest BCUT2D eigenvalue weighted by Crippen LogP contribution is 2.42. The summed E-state index contributed by atoms with van der Waals surface area (Å²) < 4.78 is 45.1. The minimum Gasteiger partial charge on any atom is -0.467 e. The zero-order chi connectivity index (χ0) is 47.0. The van der Waals surface area contributed by atoms with E-state index in [2.05, 4.69) is 161 Å². The number of esters is 1. The van der Waals surface area contributed by atoms with E-state index in [1.807, 2.05) is 26.0 Å². The third kappa shape index (κ3) is 14.1. The van der Waals surface area contributed by atoms with Gasteiger partial charge in [0, 0.05) is 26.3 Å². The van der Waals surface area contributed by atoms with Crippen LogP contribution >= 0.6 is 11.6 Å². The van der Waals surface area contributed by atoms with Crippen molar-refractivity contribution in [1.29, 1.82) is 0 Å². The first-order valence-electron chi connectivity index (χ1n) is 22.5. The number of carbonyl (C=O) groups is 1. The van der Waals surface area contributed by atoms with Crippen molar-refractivity contribution in [3.63, 3.8) is 0 Å². The lowest BCUT2D eigenvalue weighted by atomic mass is 10.00. The molecule has 0 N–H and O–H groups in total. The molecule has 1 heterocycles. The summed E-state index contributed by atoms with van der Waals surface area (Å²) in [5.41, 5.74) is 0.883. The molecule has 0 bridgehead atoms. The van der Waals surface area contributed by atoms with E-state index >= 15 is 0 Å². The normalized spacial score (nSPS) is 19.1. The highest BCUT2D eigenvalue weighted by molar-refractivity contribution is 6.99. The summed E-state index contributed by atoms with van der Waals surface area (Å²) in [5.74, 6) is -0.992. The van der Waals surface area contributed by atoms with Crippen molar-refractivity contribution in [2.75, 3.05) is 20.5 Å². The third-order valence-electron chi connectivity index (χ3n) is 12.3. The van der Waals surface area contributed by atoms with Crippen molar-refractivity contribution in [2.45, 2.75) is 155 Å². The number of ether oxygens (including phenoxy) is 5. The van der Waals surface area contributed by atoms with Crippen LogP contribution in [-0.2, 0) is 27.8 Å². The second-order valence-electron chi connectivity index (χ2n) is 21.2. The average Bonchev–Trinajstić information content (AvgIpc) is 3.49. The molecule has 63 heavy (non-hydrogen) atoms. The maximum Gasteiger partial charge on any atom is 0.342 e. The molecular weight excluding hydrogens is 860 g/mol. The van der Waals surface area contributed by atoms with E-state index in [0.29, 0.717) is 34.9 Å². The van der Waals surface area contributed by atoms with Crippen LogP contribution in [0, 0.1) is 5.92 Å². The largest absolute Gasteiger partial charge is 0.467 e. The number of hydrogen-bond acceptors (Lipinski definition) is 8. The smallest absolute Gasteiger partial charge is 0.342 e. The van der Waals surface area contributed by atoms with E-state index in [1.165, 1.54) is 17.5 Å². The summed E-state index contributed by atoms with van der Waals surface area (Å²) in [6, 6.07) is 25.8. The van der Waals surface area contributed by atoms with Crippen LogP contribution in [0.3, 0.4) is 0 Å². The molecule has 0 aromatic heterocycles. The molecule has 0 amide bonds. The average molecular weight is 938 g/mol. The zero-order valence-electron chi connectivity index (χ0n) is 41.1. The molecule has 1 aliphatic heterocycles. The Kier molecular flexibility index (Phi) is 18.1. The Morgan fingerprint density at radius 1 is 0.841 bits per heavy atom. The molecule has 8 nitrogen and oxygen atoms in total. The van der Waals surface area contributed by atoms with Gasteiger partial charge in [0.25, 0.3) is 8.32 Å². The molecule has 0 saturated carbocycles. The van der Waals surface area contributed by atoms with Crippen LogP contribution in [0.15, 0.2) is 91.0 Å². The molecule has 0 spiro atoms. The third-order valence-corrected chi connectivity index (χ3v) is 23.8. The fraction of sp³-hybridized carbons (Fsp3) is 0.549. The first-order chi connectivity index (χ1) is 29.2. The van der Waals surface area contributed by atoms with E-state index in [0.717, 1.165) is 6.04 Å². The number of rotatable bonds is 20. The molecule has 348 valence electrons. The van der Waals surface area contributed by atoms with Crippen LogP contribution in [0.25, 0.3) is 6.08 Å². The lowest BCUT2D eigenvalue weighted by Gasteiger charge is -2.45. The molecule has 1 unspecified atom stereocenters. The van der Waals surface area contributed by atoms with Gasteiger partial charge in [0.2, 0.25) is 0 Å². The van der Waals surface area contributed by atoms with Crippen LogP contribution in [0.2, 0.25) is 53.9 Å². The van der Waals surface area contributed by atoms with Gasteiger partial charge in [-0.25, -0.2) is 4.79 Å². The maximum absolute atomic E-state index is 13.7. The van der Waals surface area contributed by atoms with Crippen LogP contribution in [0.1, 0.15) is 91.6 Å². The second-order valence-corrected chi connectivity index (χ2v) is 36.3. The predicted octanol–water partition coefficient (Wildman–Crippen LogP) is 12.3. The van der Waals surface area contributed by atoms with Gasteiger partial charge in [-0.1, -0.05) is 165 Å². The Bertz CT molecular complexity index is 1940. The molecule has 0 aliphatic carbocycles. The number of hydrogen-bond donors (Lipinski definition) is 0. The molecule has 0 radical (unpaired) electrons. The van der Waals surface area contributed by atoms with Crippen LogP contribution in [-0.4, -0.2) is 81.4 Å². The first-order valence-corrected chi connectivity index (χ1v) is 31.4. The topological polar surface area (TPSA) is 81.7 Å². The Hall–Kier alpha value is -2.85. The minimum absolute atomic E-state index is 0.0344. The molecular formula is C51H77ClO8Si3. The van der Waals surface area contributed by atoms with Gasteiger partial charge in [0.05, 0.1) is 18.8 Å². The van der Waals surface area contributed by atoms with E-state index in [-0.39, 0.29) is 35.0 Å². The molecule has 1 aliphatic rings. The summed E-state index contributed by atoms with van der Waals surface area (Å²) in [6.07, 6.45) is 7.47. The standard InChI is InChI=1S/C51H77ClO8Si3/c1-37(38(2)59-63(50(6,7)8,41-25-19-17-20-26-41)42-27-21-18-22-28-42)30-31-44(60-62(15,16)49(3,4)5)47-43(57-51(9,10)58-47)29-23-24-39-34-40(52)35-45(56-36-54-11)46(39)48(53)55-32-33-61(12,13)14/h17-28,30-31,34-35,37-38,43-44,47H,29,32-33,36H2,1-16H3/b24-23+,31-30-/t37-,38+,43+,44?,47+/m1/s1. The molecule has 3 aromatic carbocycles. The second kappa shape index (κ2) is 21.6. The van der Waals surface area contributed by atoms with Crippen molar-refractivity contribution in [3.05, 3.63) is 107 Å². The lowest BCUT2D eigenvalue weighted by Crippen LogP contribution is -2.67. The van der Waals surface area contributed by atoms with E-state index in [4.69, 9.17) is 44.1 Å². The van der Waals surface area contributed by atoms with Gasteiger partial charge in [-0.15, -0.1) is 0 Å². The molecule has 1 saturated heterocycles. The monoisotopic (exact) mass is 936 g/mol. The van der Waals surface area contributed by atoms with Crippen LogP contribution in [0.4, 0.5) is 0 Å². The van der Waals surface area contributed by atoms with E-state index < -0.39 is 48.7 Å². The van der Waals surface area contributed by atoms with Gasteiger partial charge >= 0.3 is 5.97 Å². The molecule has 4 rings (SSSR count). The molecule has 5 atom stereocenters. The number of methoxy groups -OCH3 is 1. The SMILES string of the molecule is COCOc1cc(Cl)cc(/C=C/C[C@@H]2OC(C)(C)O[C@@H]2C(/C=C\[C@@H](C)[C@H](C)O[Si](c2ccccc2)(c2ccccc2)C(C)(C)C)O[Si](C)(C)C(C)(C)C)c1C(=O)OCC[Si](C)(C)C. The predicted molar refractivity (Wildman–Crippen MR) is 268 cm³/mol. The van der Waals surface area contributed by atoms with Crippen molar-refractivity contribution in [1.82, 2.24) is 0 Å². The number of halogens is 1.